The molecule has 1 amide bonds. The van der Waals surface area contributed by atoms with Crippen molar-refractivity contribution in [2.45, 2.75) is 25.8 Å². The first-order chi connectivity index (χ1) is 9.15. The van der Waals surface area contributed by atoms with Crippen LogP contribution >= 0.6 is 0 Å². The lowest BCUT2D eigenvalue weighted by molar-refractivity contribution is -0.117. The fourth-order valence-corrected chi connectivity index (χ4v) is 1.80. The van der Waals surface area contributed by atoms with E-state index >= 15 is 0 Å². The van der Waals surface area contributed by atoms with Gasteiger partial charge in [0.1, 0.15) is 0 Å². The molecule has 1 unspecified atom stereocenters. The molecule has 1 aromatic heterocycles. The van der Waals surface area contributed by atoms with E-state index in [4.69, 9.17) is 5.73 Å². The quantitative estimate of drug-likeness (QED) is 0.762. The highest BCUT2D eigenvalue weighted by Gasteiger charge is 2.14. The van der Waals surface area contributed by atoms with Crippen LogP contribution in [0.2, 0.25) is 0 Å². The number of hydrogen-bond acceptors (Lipinski definition) is 3. The Morgan fingerprint density at radius 1 is 1.42 bits per heavy atom. The van der Waals surface area contributed by atoms with Crippen LogP contribution in [0.3, 0.4) is 0 Å². The van der Waals surface area contributed by atoms with Crippen LogP contribution in [0.15, 0.2) is 36.4 Å². The molecule has 1 atom stereocenters. The molecule has 1 heterocycles. The van der Waals surface area contributed by atoms with Crippen LogP contribution < -0.4 is 11.1 Å². The average molecular weight is 258 g/mol. The van der Waals surface area contributed by atoms with Crippen LogP contribution in [0.4, 0.5) is 5.82 Å². The van der Waals surface area contributed by atoms with Crippen molar-refractivity contribution in [3.63, 3.8) is 0 Å². The van der Waals surface area contributed by atoms with Gasteiger partial charge in [0.05, 0.1) is 6.04 Å². The topological polar surface area (TPSA) is 83.8 Å². The van der Waals surface area contributed by atoms with Gasteiger partial charge < -0.3 is 11.1 Å². The van der Waals surface area contributed by atoms with Crippen LogP contribution in [0.5, 0.6) is 0 Å². The number of anilines is 1. The molecule has 0 spiro atoms. The molecule has 0 fully saturated rings. The summed E-state index contributed by atoms with van der Waals surface area (Å²) < 4.78 is 0. The fraction of sp³-hybridized carbons (Fsp3) is 0.286. The second kappa shape index (κ2) is 6.15. The first-order valence-electron chi connectivity index (χ1n) is 6.27. The number of hydrogen-bond donors (Lipinski definition) is 3. The zero-order valence-corrected chi connectivity index (χ0v) is 10.9. The summed E-state index contributed by atoms with van der Waals surface area (Å²) in [5.74, 6) is 0.306. The Morgan fingerprint density at radius 2 is 2.16 bits per heavy atom. The minimum atomic E-state index is -0.530. The Bertz CT molecular complexity index is 535. The van der Waals surface area contributed by atoms with E-state index in [1.54, 1.807) is 6.07 Å². The number of amides is 1. The van der Waals surface area contributed by atoms with Gasteiger partial charge in [-0.2, -0.15) is 5.10 Å². The molecular formula is C14H18N4O. The zero-order valence-electron chi connectivity index (χ0n) is 10.9. The van der Waals surface area contributed by atoms with E-state index in [0.29, 0.717) is 12.2 Å². The van der Waals surface area contributed by atoms with Crippen LogP contribution in [-0.4, -0.2) is 22.1 Å². The molecule has 0 aliphatic carbocycles. The Morgan fingerprint density at radius 3 is 2.79 bits per heavy atom. The molecule has 0 bridgehead atoms. The normalized spacial score (nSPS) is 12.1. The monoisotopic (exact) mass is 258 g/mol. The lowest BCUT2D eigenvalue weighted by atomic mass is 10.1. The standard InChI is InChI=1S/C14H18N4O/c1-10-9-13(18-17-10)16-14(19)12(15)8-7-11-5-3-2-4-6-11/h2-6,9,12H,7-8,15H2,1H3,(H2,16,17,18,19). The van der Waals surface area contributed by atoms with Gasteiger partial charge in [-0.05, 0) is 25.3 Å². The van der Waals surface area contributed by atoms with Crippen LogP contribution in [0.1, 0.15) is 17.7 Å². The zero-order chi connectivity index (χ0) is 13.7. The summed E-state index contributed by atoms with van der Waals surface area (Å²) in [5, 5.41) is 9.40. The number of carbonyl (C=O) groups is 1. The van der Waals surface area contributed by atoms with Crippen LogP contribution in [0.25, 0.3) is 0 Å². The number of nitrogens with two attached hydrogens (primary N) is 1. The molecule has 5 nitrogen and oxygen atoms in total. The third-order valence-corrected chi connectivity index (χ3v) is 2.88. The number of benzene rings is 1. The smallest absolute Gasteiger partial charge is 0.242 e. The molecule has 100 valence electrons. The van der Waals surface area contributed by atoms with Crippen molar-refractivity contribution >= 4 is 11.7 Å². The van der Waals surface area contributed by atoms with Crippen molar-refractivity contribution in [3.05, 3.63) is 47.7 Å². The minimum absolute atomic E-state index is 0.206. The van der Waals surface area contributed by atoms with E-state index < -0.39 is 6.04 Å². The number of rotatable bonds is 5. The molecule has 0 saturated heterocycles. The van der Waals surface area contributed by atoms with Gasteiger partial charge in [-0.1, -0.05) is 30.3 Å². The molecule has 0 saturated carbocycles. The number of aromatic nitrogens is 2. The van der Waals surface area contributed by atoms with E-state index in [0.717, 1.165) is 12.1 Å². The van der Waals surface area contributed by atoms with Gasteiger partial charge in [0.25, 0.3) is 0 Å². The predicted octanol–water partition coefficient (Wildman–Crippen LogP) is 1.62. The van der Waals surface area contributed by atoms with Crippen molar-refractivity contribution in [1.29, 1.82) is 0 Å². The first-order valence-corrected chi connectivity index (χ1v) is 6.27. The van der Waals surface area contributed by atoms with Gasteiger partial charge >= 0.3 is 0 Å². The summed E-state index contributed by atoms with van der Waals surface area (Å²) in [7, 11) is 0. The van der Waals surface area contributed by atoms with Gasteiger partial charge in [0.2, 0.25) is 5.91 Å². The molecule has 19 heavy (non-hydrogen) atoms. The molecule has 2 rings (SSSR count). The molecule has 0 aliphatic heterocycles. The summed E-state index contributed by atoms with van der Waals surface area (Å²) in [5.41, 5.74) is 7.95. The molecule has 4 N–H and O–H groups in total. The highest BCUT2D eigenvalue weighted by atomic mass is 16.2. The number of aromatic amines is 1. The van der Waals surface area contributed by atoms with E-state index in [1.165, 1.54) is 5.56 Å². The lowest BCUT2D eigenvalue weighted by Crippen LogP contribution is -2.36. The van der Waals surface area contributed by atoms with Crippen molar-refractivity contribution in [2.24, 2.45) is 5.73 Å². The van der Waals surface area contributed by atoms with E-state index in [-0.39, 0.29) is 5.91 Å². The van der Waals surface area contributed by atoms with Crippen molar-refractivity contribution in [1.82, 2.24) is 10.2 Å². The maximum atomic E-state index is 11.9. The Hall–Kier alpha value is -2.14. The summed E-state index contributed by atoms with van der Waals surface area (Å²) in [6.45, 7) is 1.87. The second-order valence-corrected chi connectivity index (χ2v) is 4.56. The SMILES string of the molecule is Cc1cc(NC(=O)C(N)CCc2ccccc2)n[nH]1. The minimum Gasteiger partial charge on any atom is -0.320 e. The largest absolute Gasteiger partial charge is 0.320 e. The number of carbonyl (C=O) groups excluding carboxylic acids is 1. The lowest BCUT2D eigenvalue weighted by Gasteiger charge is -2.10. The molecule has 0 radical (unpaired) electrons. The van der Waals surface area contributed by atoms with E-state index in [9.17, 15) is 4.79 Å². The van der Waals surface area contributed by atoms with Gasteiger partial charge in [-0.25, -0.2) is 0 Å². The Balaban J connectivity index is 1.82. The first kappa shape index (κ1) is 13.3. The Kier molecular flexibility index (Phi) is 4.30. The predicted molar refractivity (Wildman–Crippen MR) is 74.7 cm³/mol. The highest BCUT2D eigenvalue weighted by Crippen LogP contribution is 2.07. The fourth-order valence-electron chi connectivity index (χ4n) is 1.80. The number of nitrogens with zero attached hydrogens (tertiary/aromatic N) is 1. The van der Waals surface area contributed by atoms with Crippen LogP contribution in [0, 0.1) is 6.92 Å². The molecule has 0 aliphatic rings. The number of H-pyrrole nitrogens is 1. The second-order valence-electron chi connectivity index (χ2n) is 4.56. The van der Waals surface area contributed by atoms with Gasteiger partial charge in [0.15, 0.2) is 5.82 Å². The molecule has 2 aromatic rings. The maximum absolute atomic E-state index is 11.9. The summed E-state index contributed by atoms with van der Waals surface area (Å²) in [4.78, 5) is 11.9. The number of aryl methyl sites for hydroxylation is 2. The molecular weight excluding hydrogens is 240 g/mol. The van der Waals surface area contributed by atoms with Crippen LogP contribution in [-0.2, 0) is 11.2 Å². The molecule has 1 aromatic carbocycles. The maximum Gasteiger partial charge on any atom is 0.242 e. The van der Waals surface area contributed by atoms with Gasteiger partial charge in [-0.15, -0.1) is 0 Å². The summed E-state index contributed by atoms with van der Waals surface area (Å²) >= 11 is 0. The van der Waals surface area contributed by atoms with E-state index in [1.807, 2.05) is 37.3 Å². The number of nitrogens with one attached hydrogen (secondary N) is 2. The van der Waals surface area contributed by atoms with Gasteiger partial charge in [-0.3, -0.25) is 9.89 Å². The average Bonchev–Trinajstić information content (AvgIpc) is 2.82. The van der Waals surface area contributed by atoms with Gasteiger partial charge in [0, 0.05) is 11.8 Å². The van der Waals surface area contributed by atoms with Crippen molar-refractivity contribution < 1.29 is 4.79 Å². The third-order valence-electron chi connectivity index (χ3n) is 2.88. The van der Waals surface area contributed by atoms with Crippen molar-refractivity contribution in [3.8, 4) is 0 Å². The van der Waals surface area contributed by atoms with Crippen molar-refractivity contribution in [2.75, 3.05) is 5.32 Å². The Labute approximate surface area is 112 Å². The summed E-state index contributed by atoms with van der Waals surface area (Å²) in [6, 6.07) is 11.2. The molecule has 5 heteroatoms. The summed E-state index contributed by atoms with van der Waals surface area (Å²) in [6.07, 6.45) is 1.40. The van der Waals surface area contributed by atoms with E-state index in [2.05, 4.69) is 15.5 Å². The third kappa shape index (κ3) is 3.93. The highest BCUT2D eigenvalue weighted by molar-refractivity contribution is 5.93.